The summed E-state index contributed by atoms with van der Waals surface area (Å²) in [5.74, 6) is 0.721. The van der Waals surface area contributed by atoms with Crippen molar-refractivity contribution >= 4 is 5.91 Å². The first-order valence-corrected chi connectivity index (χ1v) is 11.4. The maximum Gasteiger partial charge on any atom is 0.222 e. The third kappa shape index (κ3) is 5.51. The maximum absolute atomic E-state index is 12.7. The van der Waals surface area contributed by atoms with Crippen molar-refractivity contribution in [2.75, 3.05) is 13.2 Å². The predicted molar refractivity (Wildman–Crippen MR) is 123 cm³/mol. The Labute approximate surface area is 182 Å². The molecule has 0 radical (unpaired) electrons. The van der Waals surface area contributed by atoms with Crippen molar-refractivity contribution in [3.8, 4) is 0 Å². The molecule has 2 aromatic carbocycles. The summed E-state index contributed by atoms with van der Waals surface area (Å²) in [6.45, 7) is 10.8. The highest BCUT2D eigenvalue weighted by atomic mass is 16.5. The Kier molecular flexibility index (Phi) is 7.71. The highest BCUT2D eigenvalue weighted by molar-refractivity contribution is 5.75. The number of nitrogens with zero attached hydrogens (tertiary/aromatic N) is 1. The van der Waals surface area contributed by atoms with Crippen LogP contribution < -0.4 is 0 Å². The summed E-state index contributed by atoms with van der Waals surface area (Å²) in [5, 5.41) is 0. The molecule has 2 atom stereocenters. The SMILES string of the molecule is CCC(=O)N(CCC1(c2ccc(C)cc2)CCOC(C(C)C)C1)Cc1ccccc1. The molecule has 2 aromatic rings. The van der Waals surface area contributed by atoms with Crippen LogP contribution >= 0.6 is 0 Å². The van der Waals surface area contributed by atoms with E-state index in [0.29, 0.717) is 18.9 Å². The number of benzene rings is 2. The molecule has 1 amide bonds. The minimum Gasteiger partial charge on any atom is -0.378 e. The Bertz CT molecular complexity index is 799. The van der Waals surface area contributed by atoms with E-state index >= 15 is 0 Å². The first-order chi connectivity index (χ1) is 14.4. The first kappa shape index (κ1) is 22.6. The largest absolute Gasteiger partial charge is 0.378 e. The molecule has 3 rings (SSSR count). The number of rotatable bonds is 8. The molecular formula is C27H37NO2. The van der Waals surface area contributed by atoms with E-state index < -0.39 is 0 Å². The molecule has 1 heterocycles. The number of amides is 1. The smallest absolute Gasteiger partial charge is 0.222 e. The van der Waals surface area contributed by atoms with Crippen LogP contribution in [0.1, 0.15) is 63.1 Å². The second-order valence-corrected chi connectivity index (χ2v) is 9.16. The lowest BCUT2D eigenvalue weighted by molar-refractivity contribution is -0.132. The molecular weight excluding hydrogens is 370 g/mol. The van der Waals surface area contributed by atoms with Crippen LogP contribution in [0.3, 0.4) is 0 Å². The van der Waals surface area contributed by atoms with Crippen molar-refractivity contribution < 1.29 is 9.53 Å². The van der Waals surface area contributed by atoms with Gasteiger partial charge in [0.2, 0.25) is 5.91 Å². The van der Waals surface area contributed by atoms with Crippen LogP contribution in [0.2, 0.25) is 0 Å². The van der Waals surface area contributed by atoms with Crippen molar-refractivity contribution in [1.29, 1.82) is 0 Å². The van der Waals surface area contributed by atoms with E-state index in [-0.39, 0.29) is 17.4 Å². The second kappa shape index (κ2) is 10.3. The lowest BCUT2D eigenvalue weighted by Gasteiger charge is -2.44. The molecule has 3 nitrogen and oxygen atoms in total. The predicted octanol–water partition coefficient (Wildman–Crippen LogP) is 5.90. The summed E-state index contributed by atoms with van der Waals surface area (Å²) in [6, 6.07) is 19.3. The average molecular weight is 408 g/mol. The molecule has 3 heteroatoms. The average Bonchev–Trinajstić information content (AvgIpc) is 2.77. The van der Waals surface area contributed by atoms with Crippen LogP contribution in [0.4, 0.5) is 0 Å². The minimum absolute atomic E-state index is 0.0594. The van der Waals surface area contributed by atoms with Gasteiger partial charge in [0.15, 0.2) is 0 Å². The third-order valence-corrected chi connectivity index (χ3v) is 6.64. The van der Waals surface area contributed by atoms with Gasteiger partial charge in [-0.1, -0.05) is 80.9 Å². The van der Waals surface area contributed by atoms with Crippen molar-refractivity contribution in [2.24, 2.45) is 5.92 Å². The molecule has 0 aromatic heterocycles. The number of hydrogen-bond acceptors (Lipinski definition) is 2. The molecule has 162 valence electrons. The van der Waals surface area contributed by atoms with Gasteiger partial charge in [0, 0.05) is 31.5 Å². The first-order valence-electron chi connectivity index (χ1n) is 11.4. The second-order valence-electron chi connectivity index (χ2n) is 9.16. The van der Waals surface area contributed by atoms with Crippen molar-refractivity contribution in [3.05, 3.63) is 71.3 Å². The number of carbonyl (C=O) groups is 1. The highest BCUT2D eigenvalue weighted by Gasteiger charge is 2.39. The molecule has 30 heavy (non-hydrogen) atoms. The van der Waals surface area contributed by atoms with E-state index in [1.54, 1.807) is 0 Å². The Morgan fingerprint density at radius 2 is 1.83 bits per heavy atom. The Hall–Kier alpha value is -2.13. The van der Waals surface area contributed by atoms with E-state index in [1.807, 2.05) is 30.0 Å². The topological polar surface area (TPSA) is 29.5 Å². The number of hydrogen-bond donors (Lipinski definition) is 0. The highest BCUT2D eigenvalue weighted by Crippen LogP contribution is 2.42. The monoisotopic (exact) mass is 407 g/mol. The molecule has 0 aliphatic carbocycles. The summed E-state index contributed by atoms with van der Waals surface area (Å²) in [4.78, 5) is 14.8. The third-order valence-electron chi connectivity index (χ3n) is 6.64. The van der Waals surface area contributed by atoms with Gasteiger partial charge in [0.25, 0.3) is 0 Å². The standard InChI is InChI=1S/C27H37NO2/c1-5-26(29)28(20-23-9-7-6-8-10-23)17-15-27(24-13-11-22(4)12-14-24)16-18-30-25(19-27)21(2)3/h6-14,21,25H,5,15-20H2,1-4H3. The fourth-order valence-electron chi connectivity index (χ4n) is 4.59. The molecule has 0 spiro atoms. The minimum atomic E-state index is 0.0594. The van der Waals surface area contributed by atoms with Crippen LogP contribution in [0, 0.1) is 12.8 Å². The molecule has 2 unspecified atom stereocenters. The van der Waals surface area contributed by atoms with Gasteiger partial charge >= 0.3 is 0 Å². The van der Waals surface area contributed by atoms with Crippen LogP contribution in [-0.4, -0.2) is 30.1 Å². The van der Waals surface area contributed by atoms with E-state index in [4.69, 9.17) is 4.74 Å². The molecule has 1 fully saturated rings. The molecule has 1 aliphatic heterocycles. The zero-order valence-corrected chi connectivity index (χ0v) is 19.1. The molecule has 1 aliphatic rings. The van der Waals surface area contributed by atoms with E-state index in [1.165, 1.54) is 16.7 Å². The van der Waals surface area contributed by atoms with E-state index in [0.717, 1.165) is 32.4 Å². The van der Waals surface area contributed by atoms with E-state index in [2.05, 4.69) is 57.2 Å². The number of carbonyl (C=O) groups excluding carboxylic acids is 1. The van der Waals surface area contributed by atoms with Crippen molar-refractivity contribution in [3.63, 3.8) is 0 Å². The van der Waals surface area contributed by atoms with Crippen LogP contribution in [0.25, 0.3) is 0 Å². The molecule has 0 bridgehead atoms. The van der Waals surface area contributed by atoms with Crippen LogP contribution in [-0.2, 0) is 21.5 Å². The van der Waals surface area contributed by atoms with Gasteiger partial charge < -0.3 is 9.64 Å². The van der Waals surface area contributed by atoms with Gasteiger partial charge in [-0.25, -0.2) is 0 Å². The number of aryl methyl sites for hydroxylation is 1. The lowest BCUT2D eigenvalue weighted by atomic mass is 9.68. The van der Waals surface area contributed by atoms with Gasteiger partial charge in [-0.05, 0) is 43.2 Å². The summed E-state index contributed by atoms with van der Waals surface area (Å²) in [6.07, 6.45) is 3.82. The summed E-state index contributed by atoms with van der Waals surface area (Å²) < 4.78 is 6.13. The Morgan fingerprint density at radius 3 is 2.47 bits per heavy atom. The van der Waals surface area contributed by atoms with E-state index in [9.17, 15) is 4.79 Å². The summed E-state index contributed by atoms with van der Waals surface area (Å²) in [5.41, 5.74) is 3.93. The maximum atomic E-state index is 12.7. The van der Waals surface area contributed by atoms with Crippen molar-refractivity contribution in [2.45, 2.75) is 71.4 Å². The fourth-order valence-corrected chi connectivity index (χ4v) is 4.59. The van der Waals surface area contributed by atoms with Gasteiger partial charge in [-0.2, -0.15) is 0 Å². The fraction of sp³-hybridized carbons (Fsp3) is 0.519. The zero-order chi connectivity index (χ0) is 21.6. The molecule has 1 saturated heterocycles. The van der Waals surface area contributed by atoms with Crippen LogP contribution in [0.5, 0.6) is 0 Å². The quantitative estimate of drug-likeness (QED) is 0.545. The Morgan fingerprint density at radius 1 is 1.13 bits per heavy atom. The van der Waals surface area contributed by atoms with Crippen LogP contribution in [0.15, 0.2) is 54.6 Å². The summed E-state index contributed by atoms with van der Waals surface area (Å²) >= 11 is 0. The summed E-state index contributed by atoms with van der Waals surface area (Å²) in [7, 11) is 0. The Balaban J connectivity index is 1.84. The van der Waals surface area contributed by atoms with Crippen molar-refractivity contribution in [1.82, 2.24) is 4.90 Å². The van der Waals surface area contributed by atoms with Gasteiger partial charge in [0.1, 0.15) is 0 Å². The normalized spacial score (nSPS) is 21.6. The lowest BCUT2D eigenvalue weighted by Crippen LogP contribution is -2.43. The molecule has 0 N–H and O–H groups in total. The van der Waals surface area contributed by atoms with Gasteiger partial charge in [-0.15, -0.1) is 0 Å². The zero-order valence-electron chi connectivity index (χ0n) is 19.1. The van der Waals surface area contributed by atoms with Gasteiger partial charge in [0.05, 0.1) is 6.10 Å². The molecule has 0 saturated carbocycles. The van der Waals surface area contributed by atoms with Gasteiger partial charge in [-0.3, -0.25) is 4.79 Å². The number of ether oxygens (including phenoxy) is 1.